The highest BCUT2D eigenvalue weighted by atomic mass is 16.5. The third-order valence-electron chi connectivity index (χ3n) is 9.65. The Morgan fingerprint density at radius 3 is 2.26 bits per heavy atom. The second-order valence-electron chi connectivity index (χ2n) is 12.9. The number of hydrogen-bond acceptors (Lipinski definition) is 8. The van der Waals surface area contributed by atoms with Crippen molar-refractivity contribution in [2.75, 3.05) is 59.9 Å². The number of hydrogen-bond donors (Lipinski definition) is 2. The van der Waals surface area contributed by atoms with Gasteiger partial charge in [-0.15, -0.1) is 0 Å². The number of pyridine rings is 1. The Labute approximate surface area is 301 Å². The molecule has 8 nitrogen and oxygen atoms in total. The minimum absolute atomic E-state index is 0.162. The van der Waals surface area contributed by atoms with Gasteiger partial charge in [-0.1, -0.05) is 45.8 Å². The van der Waals surface area contributed by atoms with Gasteiger partial charge in [0.15, 0.2) is 11.5 Å². The van der Waals surface area contributed by atoms with Gasteiger partial charge in [0.25, 0.3) is 0 Å². The first-order chi connectivity index (χ1) is 24.5. The van der Waals surface area contributed by atoms with E-state index in [1.807, 2.05) is 38.2 Å². The van der Waals surface area contributed by atoms with Crippen LogP contribution in [0.3, 0.4) is 0 Å². The van der Waals surface area contributed by atoms with Crippen LogP contribution in [-0.2, 0) is 0 Å². The first-order valence-corrected chi connectivity index (χ1v) is 18.5. The summed E-state index contributed by atoms with van der Waals surface area (Å²) in [5, 5.41) is 7.18. The third kappa shape index (κ3) is 9.96. The molecule has 1 aromatic heterocycles. The molecule has 3 aromatic rings. The molecule has 2 aromatic carbocycles. The molecule has 2 N–H and O–H groups in total. The second kappa shape index (κ2) is 19.9. The smallest absolute Gasteiger partial charge is 0.203 e. The number of dihydropyridines is 1. The molecule has 1 saturated carbocycles. The molecule has 1 unspecified atom stereocenters. The lowest BCUT2D eigenvalue weighted by Crippen LogP contribution is -2.29. The van der Waals surface area contributed by atoms with E-state index in [1.165, 1.54) is 54.4 Å². The van der Waals surface area contributed by atoms with Crippen molar-refractivity contribution < 1.29 is 18.9 Å². The average molecular weight is 685 g/mol. The SMILES string of the molecule is CC.CCCN(CCCCCNc1ccnc(-c2cc(OC)c(OC)c(OC)c2)c1)CC1=CC(c2cc(OC)c(C)c(C3CCC3)c2)NC=C1. The molecular weight excluding hydrogens is 624 g/mol. The Bertz CT molecular complexity index is 1540. The predicted molar refractivity (Wildman–Crippen MR) is 207 cm³/mol. The Balaban J connectivity index is 0.00000276. The number of ether oxygens (including phenoxy) is 4. The molecule has 8 heteroatoms. The fraction of sp³-hybridized carbons (Fsp3) is 0.500. The van der Waals surface area contributed by atoms with Crippen molar-refractivity contribution >= 4 is 5.69 Å². The van der Waals surface area contributed by atoms with E-state index in [9.17, 15) is 0 Å². The van der Waals surface area contributed by atoms with Crippen LogP contribution in [-0.4, -0.2) is 64.5 Å². The molecule has 0 radical (unpaired) electrons. The van der Waals surface area contributed by atoms with Crippen LogP contribution in [0.4, 0.5) is 5.69 Å². The van der Waals surface area contributed by atoms with Gasteiger partial charge in [-0.05, 0) is 123 Å². The average Bonchev–Trinajstić information content (AvgIpc) is 3.13. The van der Waals surface area contributed by atoms with Gasteiger partial charge in [-0.3, -0.25) is 9.88 Å². The molecule has 0 bridgehead atoms. The molecule has 1 aliphatic carbocycles. The zero-order valence-corrected chi connectivity index (χ0v) is 31.7. The maximum atomic E-state index is 5.81. The summed E-state index contributed by atoms with van der Waals surface area (Å²) in [5.41, 5.74) is 8.23. The van der Waals surface area contributed by atoms with Crippen LogP contribution < -0.4 is 29.6 Å². The number of anilines is 1. The topological polar surface area (TPSA) is 77.1 Å². The predicted octanol–water partition coefficient (Wildman–Crippen LogP) is 9.46. The van der Waals surface area contributed by atoms with E-state index >= 15 is 0 Å². The molecule has 1 aliphatic heterocycles. The Kier molecular flexibility index (Phi) is 15.4. The summed E-state index contributed by atoms with van der Waals surface area (Å²) in [7, 11) is 6.65. The molecule has 0 saturated heterocycles. The molecule has 272 valence electrons. The Hall–Kier alpha value is -4.17. The van der Waals surface area contributed by atoms with Gasteiger partial charge in [0, 0.05) is 30.5 Å². The van der Waals surface area contributed by atoms with Gasteiger partial charge in [0.1, 0.15) is 5.75 Å². The van der Waals surface area contributed by atoms with Crippen molar-refractivity contribution in [1.82, 2.24) is 15.2 Å². The molecular formula is C42H60N4O4. The fourth-order valence-corrected chi connectivity index (χ4v) is 6.78. The van der Waals surface area contributed by atoms with Crippen LogP contribution >= 0.6 is 0 Å². The van der Waals surface area contributed by atoms with Crippen LogP contribution in [0.5, 0.6) is 23.0 Å². The molecule has 2 aliphatic rings. The van der Waals surface area contributed by atoms with Crippen molar-refractivity contribution in [2.24, 2.45) is 0 Å². The highest BCUT2D eigenvalue weighted by Gasteiger charge is 2.25. The molecule has 0 spiro atoms. The summed E-state index contributed by atoms with van der Waals surface area (Å²) in [6, 6.07) is 12.7. The highest BCUT2D eigenvalue weighted by Crippen LogP contribution is 2.42. The number of unbranched alkanes of at least 4 members (excludes halogenated alkanes) is 2. The maximum absolute atomic E-state index is 5.81. The molecule has 0 amide bonds. The molecule has 1 atom stereocenters. The number of nitrogens with one attached hydrogen (secondary N) is 2. The number of nitrogens with zero attached hydrogens (tertiary/aromatic N) is 2. The van der Waals surface area contributed by atoms with E-state index < -0.39 is 0 Å². The van der Waals surface area contributed by atoms with Crippen LogP contribution in [0.15, 0.2) is 66.5 Å². The minimum Gasteiger partial charge on any atom is -0.496 e. The van der Waals surface area contributed by atoms with Crippen LogP contribution in [0.2, 0.25) is 0 Å². The highest BCUT2D eigenvalue weighted by molar-refractivity contribution is 5.70. The van der Waals surface area contributed by atoms with Crippen LogP contribution in [0.1, 0.15) is 94.4 Å². The number of rotatable bonds is 18. The summed E-state index contributed by atoms with van der Waals surface area (Å²) in [4.78, 5) is 7.20. The summed E-state index contributed by atoms with van der Waals surface area (Å²) in [6.45, 7) is 12.6. The Morgan fingerprint density at radius 1 is 0.880 bits per heavy atom. The van der Waals surface area contributed by atoms with Gasteiger partial charge in [0.05, 0.1) is 40.2 Å². The first-order valence-electron chi connectivity index (χ1n) is 18.5. The van der Waals surface area contributed by atoms with Gasteiger partial charge < -0.3 is 29.6 Å². The van der Waals surface area contributed by atoms with E-state index in [0.717, 1.165) is 61.7 Å². The van der Waals surface area contributed by atoms with Crippen molar-refractivity contribution in [3.05, 3.63) is 83.2 Å². The molecule has 1 fully saturated rings. The molecule has 5 rings (SSSR count). The monoisotopic (exact) mass is 684 g/mol. The van der Waals surface area contributed by atoms with Crippen LogP contribution in [0.25, 0.3) is 11.3 Å². The van der Waals surface area contributed by atoms with Gasteiger partial charge in [0.2, 0.25) is 5.75 Å². The summed E-state index contributed by atoms with van der Waals surface area (Å²) in [6.07, 6.45) is 17.1. The fourth-order valence-electron chi connectivity index (χ4n) is 6.78. The third-order valence-corrected chi connectivity index (χ3v) is 9.65. The molecule has 2 heterocycles. The Morgan fingerprint density at radius 2 is 1.62 bits per heavy atom. The quantitative estimate of drug-likeness (QED) is 0.128. The summed E-state index contributed by atoms with van der Waals surface area (Å²) < 4.78 is 22.3. The minimum atomic E-state index is 0.162. The van der Waals surface area contributed by atoms with Crippen molar-refractivity contribution in [2.45, 2.75) is 84.6 Å². The van der Waals surface area contributed by atoms with E-state index in [0.29, 0.717) is 23.2 Å². The zero-order valence-electron chi connectivity index (χ0n) is 31.7. The standard InChI is InChI=1S/C40H54N4O4.C2H6/c1-7-19-44(27-29-14-17-42-35(21-29)31-22-34(30-12-11-13-30)28(2)37(23-31)45-3)20-10-8-9-16-41-33-15-18-43-36(26-33)32-24-38(46-4)40(48-6)39(25-32)47-5;1-2/h14-15,17-18,21-26,30,35,42H,7-13,16,19-20,27H2,1-6H3,(H,41,43);1-2H3. The lowest BCUT2D eigenvalue weighted by molar-refractivity contribution is 0.290. The normalized spacial score (nSPS) is 15.3. The summed E-state index contributed by atoms with van der Waals surface area (Å²) in [5.74, 6) is 3.48. The van der Waals surface area contributed by atoms with Crippen molar-refractivity contribution in [1.29, 1.82) is 0 Å². The van der Waals surface area contributed by atoms with E-state index in [4.69, 9.17) is 18.9 Å². The van der Waals surface area contributed by atoms with E-state index in [1.54, 1.807) is 28.4 Å². The van der Waals surface area contributed by atoms with Gasteiger partial charge in [-0.25, -0.2) is 0 Å². The lowest BCUT2D eigenvalue weighted by Gasteiger charge is -2.30. The first kappa shape index (κ1) is 38.6. The van der Waals surface area contributed by atoms with E-state index in [-0.39, 0.29) is 6.04 Å². The van der Waals surface area contributed by atoms with Gasteiger partial charge >= 0.3 is 0 Å². The largest absolute Gasteiger partial charge is 0.496 e. The maximum Gasteiger partial charge on any atom is 0.203 e. The van der Waals surface area contributed by atoms with E-state index in [2.05, 4.69) is 70.9 Å². The summed E-state index contributed by atoms with van der Waals surface area (Å²) >= 11 is 0. The lowest BCUT2D eigenvalue weighted by atomic mass is 9.77. The second-order valence-corrected chi connectivity index (χ2v) is 12.9. The molecule has 50 heavy (non-hydrogen) atoms. The van der Waals surface area contributed by atoms with Gasteiger partial charge in [-0.2, -0.15) is 0 Å². The van der Waals surface area contributed by atoms with Crippen molar-refractivity contribution in [3.8, 4) is 34.3 Å². The zero-order chi connectivity index (χ0) is 35.9. The van der Waals surface area contributed by atoms with Crippen LogP contribution in [0, 0.1) is 6.92 Å². The number of aromatic nitrogens is 1. The number of methoxy groups -OCH3 is 4. The number of benzene rings is 2. The van der Waals surface area contributed by atoms with Crippen molar-refractivity contribution in [3.63, 3.8) is 0 Å².